The highest BCUT2D eigenvalue weighted by Gasteiger charge is 2.20. The molecule has 1 unspecified atom stereocenters. The lowest BCUT2D eigenvalue weighted by Crippen LogP contribution is -2.28. The second-order valence-electron chi connectivity index (χ2n) is 6.43. The molecule has 0 aliphatic rings. The van der Waals surface area contributed by atoms with Gasteiger partial charge in [-0.05, 0) is 59.1 Å². The molecule has 1 aromatic carbocycles. The fraction of sp³-hybridized carbons (Fsp3) is 0.667. The fourth-order valence-corrected chi connectivity index (χ4v) is 2.51. The molecular formula is C18H31NO. The number of benzene rings is 1. The lowest BCUT2D eigenvalue weighted by Gasteiger charge is -2.27. The average molecular weight is 277 g/mol. The van der Waals surface area contributed by atoms with Gasteiger partial charge in [0.15, 0.2) is 0 Å². The van der Waals surface area contributed by atoms with Gasteiger partial charge in [0.1, 0.15) is 0 Å². The highest BCUT2D eigenvalue weighted by molar-refractivity contribution is 5.30. The summed E-state index contributed by atoms with van der Waals surface area (Å²) in [4.78, 5) is 0. The van der Waals surface area contributed by atoms with Crippen LogP contribution in [0, 0.1) is 13.8 Å². The van der Waals surface area contributed by atoms with Crippen molar-refractivity contribution in [2.75, 3.05) is 13.7 Å². The number of ether oxygens (including phenoxy) is 1. The summed E-state index contributed by atoms with van der Waals surface area (Å²) in [6, 6.07) is 7.27. The van der Waals surface area contributed by atoms with Crippen LogP contribution in [0.5, 0.6) is 0 Å². The Kier molecular flexibility index (Phi) is 6.70. The first-order chi connectivity index (χ1) is 9.38. The number of nitrogens with one attached hydrogen (secondary N) is 1. The maximum absolute atomic E-state index is 5.55. The van der Waals surface area contributed by atoms with E-state index in [0.29, 0.717) is 6.04 Å². The van der Waals surface area contributed by atoms with E-state index in [0.717, 1.165) is 25.8 Å². The van der Waals surface area contributed by atoms with E-state index in [1.807, 2.05) is 0 Å². The van der Waals surface area contributed by atoms with Crippen LogP contribution >= 0.6 is 0 Å². The van der Waals surface area contributed by atoms with E-state index in [-0.39, 0.29) is 5.60 Å². The van der Waals surface area contributed by atoms with E-state index < -0.39 is 0 Å². The molecule has 0 radical (unpaired) electrons. The van der Waals surface area contributed by atoms with Gasteiger partial charge in [-0.25, -0.2) is 0 Å². The molecule has 0 fully saturated rings. The monoisotopic (exact) mass is 277 g/mol. The normalized spacial score (nSPS) is 13.5. The van der Waals surface area contributed by atoms with E-state index in [9.17, 15) is 0 Å². The molecule has 0 aliphatic carbocycles. The van der Waals surface area contributed by atoms with E-state index >= 15 is 0 Å². The first-order valence-corrected chi connectivity index (χ1v) is 7.74. The predicted octanol–water partition coefficient (Wildman–Crippen LogP) is 4.55. The number of hydrogen-bond donors (Lipinski definition) is 1. The van der Waals surface area contributed by atoms with Gasteiger partial charge >= 0.3 is 0 Å². The van der Waals surface area contributed by atoms with Crippen molar-refractivity contribution in [2.45, 2.75) is 65.5 Å². The van der Waals surface area contributed by atoms with Crippen molar-refractivity contribution in [1.82, 2.24) is 5.32 Å². The van der Waals surface area contributed by atoms with Crippen molar-refractivity contribution in [2.24, 2.45) is 0 Å². The third-order valence-electron chi connectivity index (χ3n) is 3.87. The molecule has 2 nitrogen and oxygen atoms in total. The number of aryl methyl sites for hydroxylation is 2. The van der Waals surface area contributed by atoms with Crippen molar-refractivity contribution in [3.05, 3.63) is 34.9 Å². The molecule has 0 saturated heterocycles. The summed E-state index contributed by atoms with van der Waals surface area (Å²) in [6.07, 6.45) is 3.32. The topological polar surface area (TPSA) is 21.3 Å². The molecular weight excluding hydrogens is 246 g/mol. The Labute approximate surface area is 124 Å². The van der Waals surface area contributed by atoms with Crippen LogP contribution in [0.15, 0.2) is 18.2 Å². The van der Waals surface area contributed by atoms with Crippen molar-refractivity contribution in [3.63, 3.8) is 0 Å². The smallest absolute Gasteiger partial charge is 0.0623 e. The summed E-state index contributed by atoms with van der Waals surface area (Å²) in [5, 5.41) is 3.68. The highest BCUT2D eigenvalue weighted by Crippen LogP contribution is 2.26. The van der Waals surface area contributed by atoms with E-state index in [2.05, 4.69) is 58.1 Å². The minimum Gasteiger partial charge on any atom is -0.379 e. The lowest BCUT2D eigenvalue weighted by atomic mass is 9.93. The van der Waals surface area contributed by atoms with Crippen molar-refractivity contribution < 1.29 is 4.74 Å². The molecule has 0 aliphatic heterocycles. The lowest BCUT2D eigenvalue weighted by molar-refractivity contribution is 0.0117. The fourth-order valence-electron chi connectivity index (χ4n) is 2.51. The van der Waals surface area contributed by atoms with Gasteiger partial charge in [0, 0.05) is 13.2 Å². The van der Waals surface area contributed by atoms with Crippen LogP contribution in [0.1, 0.15) is 62.8 Å². The Balaban J connectivity index is 2.82. The van der Waals surface area contributed by atoms with Crippen LogP contribution in [0.3, 0.4) is 0 Å². The van der Waals surface area contributed by atoms with E-state index in [4.69, 9.17) is 4.74 Å². The summed E-state index contributed by atoms with van der Waals surface area (Å²) < 4.78 is 5.55. The van der Waals surface area contributed by atoms with Gasteiger partial charge in [-0.3, -0.25) is 0 Å². The summed E-state index contributed by atoms with van der Waals surface area (Å²) >= 11 is 0. The summed E-state index contributed by atoms with van der Waals surface area (Å²) in [5.41, 5.74) is 4.04. The van der Waals surface area contributed by atoms with Gasteiger partial charge < -0.3 is 10.1 Å². The first kappa shape index (κ1) is 17.2. The maximum Gasteiger partial charge on any atom is 0.0623 e. The summed E-state index contributed by atoms with van der Waals surface area (Å²) in [6.45, 7) is 11.9. The van der Waals surface area contributed by atoms with Gasteiger partial charge in [0.05, 0.1) is 5.60 Å². The molecule has 1 aromatic rings. The molecule has 114 valence electrons. The van der Waals surface area contributed by atoms with Crippen LogP contribution in [0.2, 0.25) is 0 Å². The molecule has 0 amide bonds. The zero-order valence-corrected chi connectivity index (χ0v) is 14.0. The molecule has 0 saturated carbocycles. The average Bonchev–Trinajstić information content (AvgIpc) is 2.37. The van der Waals surface area contributed by atoms with Crippen LogP contribution < -0.4 is 5.32 Å². The minimum absolute atomic E-state index is 0.0506. The largest absolute Gasteiger partial charge is 0.379 e. The highest BCUT2D eigenvalue weighted by atomic mass is 16.5. The zero-order valence-electron chi connectivity index (χ0n) is 14.0. The standard InChI is InChI=1S/C18H31NO/c1-7-10-19-17(8-9-18(4,5)20-6)16-12-14(2)11-15(3)13-16/h11-13,17,19H,7-10H2,1-6H3. The second-order valence-corrected chi connectivity index (χ2v) is 6.43. The number of rotatable bonds is 8. The van der Waals surface area contributed by atoms with Crippen molar-refractivity contribution >= 4 is 0 Å². The molecule has 20 heavy (non-hydrogen) atoms. The second kappa shape index (κ2) is 7.80. The maximum atomic E-state index is 5.55. The summed E-state index contributed by atoms with van der Waals surface area (Å²) in [5.74, 6) is 0. The third-order valence-corrected chi connectivity index (χ3v) is 3.87. The predicted molar refractivity (Wildman–Crippen MR) is 87.3 cm³/mol. The van der Waals surface area contributed by atoms with E-state index in [1.54, 1.807) is 7.11 Å². The zero-order chi connectivity index (χ0) is 15.2. The Bertz CT molecular complexity index is 392. The summed E-state index contributed by atoms with van der Waals surface area (Å²) in [7, 11) is 1.80. The quantitative estimate of drug-likeness (QED) is 0.752. The van der Waals surface area contributed by atoms with Crippen molar-refractivity contribution in [1.29, 1.82) is 0 Å². The Morgan fingerprint density at radius 1 is 1.15 bits per heavy atom. The Morgan fingerprint density at radius 3 is 2.25 bits per heavy atom. The van der Waals surface area contributed by atoms with E-state index in [1.165, 1.54) is 16.7 Å². The van der Waals surface area contributed by atoms with Gasteiger partial charge in [0.2, 0.25) is 0 Å². The van der Waals surface area contributed by atoms with Crippen molar-refractivity contribution in [3.8, 4) is 0 Å². The van der Waals surface area contributed by atoms with Gasteiger partial charge in [-0.1, -0.05) is 36.2 Å². The molecule has 1 N–H and O–H groups in total. The SMILES string of the molecule is CCCNC(CCC(C)(C)OC)c1cc(C)cc(C)c1. The molecule has 0 heterocycles. The van der Waals surface area contributed by atoms with Crippen LogP contribution in [-0.2, 0) is 4.74 Å². The van der Waals surface area contributed by atoms with Crippen LogP contribution in [0.4, 0.5) is 0 Å². The first-order valence-electron chi connectivity index (χ1n) is 7.74. The Hall–Kier alpha value is -0.860. The molecule has 2 heteroatoms. The Morgan fingerprint density at radius 2 is 1.75 bits per heavy atom. The molecule has 0 aromatic heterocycles. The molecule has 1 rings (SSSR count). The van der Waals surface area contributed by atoms with Crippen LogP contribution in [0.25, 0.3) is 0 Å². The van der Waals surface area contributed by atoms with Gasteiger partial charge in [-0.15, -0.1) is 0 Å². The molecule has 1 atom stereocenters. The number of hydrogen-bond acceptors (Lipinski definition) is 2. The molecule has 0 spiro atoms. The van der Waals surface area contributed by atoms with Crippen LogP contribution in [-0.4, -0.2) is 19.3 Å². The third kappa shape index (κ3) is 5.64. The molecule has 0 bridgehead atoms. The minimum atomic E-state index is -0.0506. The number of methoxy groups -OCH3 is 1. The van der Waals surface area contributed by atoms with Gasteiger partial charge in [0.25, 0.3) is 0 Å². The van der Waals surface area contributed by atoms with Gasteiger partial charge in [-0.2, -0.15) is 0 Å².